The van der Waals surface area contributed by atoms with Gasteiger partial charge >= 0.3 is 0 Å². The number of halogens is 1. The Kier molecular flexibility index (Phi) is 2.95. The minimum Gasteiger partial charge on any atom is -0.384 e. The van der Waals surface area contributed by atoms with Crippen LogP contribution in [-0.2, 0) is 0 Å². The molecular formula is C14H12FN5. The van der Waals surface area contributed by atoms with Gasteiger partial charge < -0.3 is 11.1 Å². The average Bonchev–Trinajstić information content (AvgIpc) is 3.24. The van der Waals surface area contributed by atoms with Gasteiger partial charge in [0.05, 0.1) is 11.3 Å². The van der Waals surface area contributed by atoms with Crippen LogP contribution >= 0.6 is 0 Å². The molecule has 5 nitrogen and oxygen atoms in total. The average molecular weight is 269 g/mol. The Labute approximate surface area is 115 Å². The SMILES string of the molecule is N#Cc1cc(F)ccc1Nc1cc(N)nc(C2CC2)n1. The van der Waals surface area contributed by atoms with E-state index in [0.717, 1.165) is 12.8 Å². The maximum Gasteiger partial charge on any atom is 0.136 e. The molecule has 0 bridgehead atoms. The van der Waals surface area contributed by atoms with E-state index in [4.69, 9.17) is 11.0 Å². The first-order valence-electron chi connectivity index (χ1n) is 6.27. The number of aromatic nitrogens is 2. The molecule has 0 aliphatic heterocycles. The van der Waals surface area contributed by atoms with E-state index < -0.39 is 5.82 Å². The molecule has 20 heavy (non-hydrogen) atoms. The van der Waals surface area contributed by atoms with Crippen molar-refractivity contribution in [3.8, 4) is 6.07 Å². The number of rotatable bonds is 3. The van der Waals surface area contributed by atoms with Crippen molar-refractivity contribution in [2.24, 2.45) is 0 Å². The van der Waals surface area contributed by atoms with Crippen LogP contribution in [0.15, 0.2) is 24.3 Å². The van der Waals surface area contributed by atoms with Gasteiger partial charge in [-0.2, -0.15) is 5.26 Å². The van der Waals surface area contributed by atoms with Crippen LogP contribution in [0.1, 0.15) is 30.1 Å². The quantitative estimate of drug-likeness (QED) is 0.894. The van der Waals surface area contributed by atoms with Gasteiger partial charge in [0.2, 0.25) is 0 Å². The van der Waals surface area contributed by atoms with Crippen LogP contribution in [0.2, 0.25) is 0 Å². The molecule has 100 valence electrons. The molecule has 0 atom stereocenters. The second kappa shape index (κ2) is 4.78. The van der Waals surface area contributed by atoms with Crippen molar-refractivity contribution < 1.29 is 4.39 Å². The Bertz CT molecular complexity index is 703. The first-order valence-corrected chi connectivity index (χ1v) is 6.27. The molecule has 1 saturated carbocycles. The summed E-state index contributed by atoms with van der Waals surface area (Å²) in [6, 6.07) is 7.50. The highest BCUT2D eigenvalue weighted by Crippen LogP contribution is 2.38. The van der Waals surface area contributed by atoms with Gasteiger partial charge in [-0.05, 0) is 31.0 Å². The molecule has 3 N–H and O–H groups in total. The van der Waals surface area contributed by atoms with Gasteiger partial charge in [-0.25, -0.2) is 14.4 Å². The summed E-state index contributed by atoms with van der Waals surface area (Å²) in [6.45, 7) is 0. The third-order valence-corrected chi connectivity index (χ3v) is 3.07. The monoisotopic (exact) mass is 269 g/mol. The maximum atomic E-state index is 13.1. The van der Waals surface area contributed by atoms with Crippen LogP contribution < -0.4 is 11.1 Å². The number of nitrogens with zero attached hydrogens (tertiary/aromatic N) is 3. The first kappa shape index (κ1) is 12.4. The normalized spacial score (nSPS) is 13.8. The summed E-state index contributed by atoms with van der Waals surface area (Å²) in [6.07, 6.45) is 2.14. The molecule has 0 saturated heterocycles. The molecule has 6 heteroatoms. The van der Waals surface area contributed by atoms with Gasteiger partial charge in [0.1, 0.15) is 29.3 Å². The summed E-state index contributed by atoms with van der Waals surface area (Å²) < 4.78 is 13.1. The summed E-state index contributed by atoms with van der Waals surface area (Å²) in [5.41, 5.74) is 6.47. The highest BCUT2D eigenvalue weighted by molar-refractivity contribution is 5.65. The van der Waals surface area contributed by atoms with Crippen molar-refractivity contribution in [3.63, 3.8) is 0 Å². The van der Waals surface area contributed by atoms with Crippen LogP contribution in [0.5, 0.6) is 0 Å². The molecule has 0 unspecified atom stereocenters. The molecule has 0 amide bonds. The molecule has 1 aliphatic carbocycles. The number of nitrogen functional groups attached to an aromatic ring is 1. The van der Waals surface area contributed by atoms with Crippen LogP contribution in [0.4, 0.5) is 21.7 Å². The minimum absolute atomic E-state index is 0.218. The van der Waals surface area contributed by atoms with Crippen LogP contribution in [-0.4, -0.2) is 9.97 Å². The lowest BCUT2D eigenvalue weighted by Gasteiger charge is -2.09. The number of nitrogens with two attached hydrogens (primary N) is 1. The number of nitrogens with one attached hydrogen (secondary N) is 1. The van der Waals surface area contributed by atoms with Crippen molar-refractivity contribution in [1.82, 2.24) is 9.97 Å². The van der Waals surface area contributed by atoms with Crippen molar-refractivity contribution in [3.05, 3.63) is 41.5 Å². The number of nitriles is 1. The third-order valence-electron chi connectivity index (χ3n) is 3.07. The molecule has 1 aliphatic rings. The second-order valence-electron chi connectivity index (χ2n) is 4.74. The molecule has 1 fully saturated rings. The zero-order valence-electron chi connectivity index (χ0n) is 10.6. The number of hydrogen-bond acceptors (Lipinski definition) is 5. The van der Waals surface area contributed by atoms with E-state index in [2.05, 4.69) is 15.3 Å². The predicted molar refractivity (Wildman–Crippen MR) is 72.8 cm³/mol. The van der Waals surface area contributed by atoms with Gasteiger partial charge in [0.15, 0.2) is 0 Å². The molecule has 1 aromatic carbocycles. The van der Waals surface area contributed by atoms with Crippen molar-refractivity contribution in [2.75, 3.05) is 11.1 Å². The molecule has 0 spiro atoms. The Morgan fingerprint density at radius 2 is 2.10 bits per heavy atom. The zero-order chi connectivity index (χ0) is 14.1. The zero-order valence-corrected chi connectivity index (χ0v) is 10.6. The summed E-state index contributed by atoms with van der Waals surface area (Å²) in [4.78, 5) is 8.58. The van der Waals surface area contributed by atoms with Gasteiger partial charge in [0.25, 0.3) is 0 Å². The summed E-state index contributed by atoms with van der Waals surface area (Å²) in [5, 5.41) is 12.0. The fraction of sp³-hybridized carbons (Fsp3) is 0.214. The first-order chi connectivity index (χ1) is 9.65. The van der Waals surface area contributed by atoms with E-state index in [9.17, 15) is 4.39 Å². The lowest BCUT2D eigenvalue weighted by molar-refractivity contribution is 0.627. The summed E-state index contributed by atoms with van der Waals surface area (Å²) >= 11 is 0. The van der Waals surface area contributed by atoms with E-state index >= 15 is 0 Å². The fourth-order valence-corrected chi connectivity index (χ4v) is 1.93. The van der Waals surface area contributed by atoms with Crippen molar-refractivity contribution in [1.29, 1.82) is 5.26 Å². The number of benzene rings is 1. The lowest BCUT2D eigenvalue weighted by Crippen LogP contribution is -2.03. The molecule has 1 aromatic heterocycles. The molecule has 0 radical (unpaired) electrons. The van der Waals surface area contributed by atoms with Crippen molar-refractivity contribution >= 4 is 17.3 Å². The van der Waals surface area contributed by atoms with E-state index in [0.29, 0.717) is 29.1 Å². The number of hydrogen-bond donors (Lipinski definition) is 2. The van der Waals surface area contributed by atoms with Crippen LogP contribution in [0, 0.1) is 17.1 Å². The summed E-state index contributed by atoms with van der Waals surface area (Å²) in [5.74, 6) is 1.54. The molecule has 3 rings (SSSR count). The Hall–Kier alpha value is -2.68. The highest BCUT2D eigenvalue weighted by Gasteiger charge is 2.27. The second-order valence-corrected chi connectivity index (χ2v) is 4.74. The molecule has 1 heterocycles. The van der Waals surface area contributed by atoms with E-state index in [1.54, 1.807) is 6.07 Å². The standard InChI is InChI=1S/C14H12FN5/c15-10-3-4-11(9(5-10)7-16)18-13-6-12(17)19-14(20-13)8-1-2-8/h3-6,8H,1-2H2,(H3,17,18,19,20). The van der Waals surface area contributed by atoms with Gasteiger partial charge in [-0.15, -0.1) is 0 Å². The summed E-state index contributed by atoms with van der Waals surface area (Å²) in [7, 11) is 0. The Morgan fingerprint density at radius 3 is 2.80 bits per heavy atom. The lowest BCUT2D eigenvalue weighted by atomic mass is 10.2. The largest absolute Gasteiger partial charge is 0.384 e. The van der Waals surface area contributed by atoms with Crippen LogP contribution in [0.25, 0.3) is 0 Å². The van der Waals surface area contributed by atoms with Crippen molar-refractivity contribution in [2.45, 2.75) is 18.8 Å². The van der Waals surface area contributed by atoms with E-state index in [1.807, 2.05) is 6.07 Å². The Morgan fingerprint density at radius 1 is 1.30 bits per heavy atom. The third kappa shape index (κ3) is 2.52. The minimum atomic E-state index is -0.451. The van der Waals surface area contributed by atoms with E-state index in [-0.39, 0.29) is 5.56 Å². The van der Waals surface area contributed by atoms with E-state index in [1.165, 1.54) is 18.2 Å². The Balaban J connectivity index is 1.93. The van der Waals surface area contributed by atoms with Gasteiger partial charge in [-0.3, -0.25) is 0 Å². The molecular weight excluding hydrogens is 257 g/mol. The highest BCUT2D eigenvalue weighted by atomic mass is 19.1. The number of anilines is 3. The fourth-order valence-electron chi connectivity index (χ4n) is 1.93. The molecule has 2 aromatic rings. The van der Waals surface area contributed by atoms with Crippen LogP contribution in [0.3, 0.4) is 0 Å². The van der Waals surface area contributed by atoms with Gasteiger partial charge in [0, 0.05) is 12.0 Å². The topological polar surface area (TPSA) is 87.6 Å². The maximum absolute atomic E-state index is 13.1. The smallest absolute Gasteiger partial charge is 0.136 e. The van der Waals surface area contributed by atoms with Gasteiger partial charge in [-0.1, -0.05) is 0 Å². The predicted octanol–water partition coefficient (Wildman–Crippen LogP) is 2.69.